The van der Waals surface area contributed by atoms with Crippen LogP contribution < -0.4 is 9.47 Å². The van der Waals surface area contributed by atoms with E-state index in [2.05, 4.69) is 41.3 Å². The lowest BCUT2D eigenvalue weighted by atomic mass is 10.1. The highest BCUT2D eigenvalue weighted by atomic mass is 35.5. The third-order valence-corrected chi connectivity index (χ3v) is 5.18. The zero-order valence-corrected chi connectivity index (χ0v) is 19.8. The molecule has 0 bridgehead atoms. The van der Waals surface area contributed by atoms with Crippen LogP contribution in [0.2, 0.25) is 5.02 Å². The summed E-state index contributed by atoms with van der Waals surface area (Å²) in [5.41, 5.74) is 1.95. The minimum atomic E-state index is 0.383. The molecular weight excluding hydrogens is 432 g/mol. The molecule has 0 aliphatic heterocycles. The van der Waals surface area contributed by atoms with E-state index in [0.717, 1.165) is 22.1 Å². The minimum absolute atomic E-state index is 0.383. The van der Waals surface area contributed by atoms with Gasteiger partial charge >= 0.3 is 0 Å². The first-order valence-corrected chi connectivity index (χ1v) is 11.8. The van der Waals surface area contributed by atoms with E-state index in [9.17, 15) is 0 Å². The van der Waals surface area contributed by atoms with E-state index in [1.54, 1.807) is 10.9 Å². The van der Waals surface area contributed by atoms with Crippen molar-refractivity contribution >= 4 is 29.6 Å². The van der Waals surface area contributed by atoms with Crippen LogP contribution in [-0.4, -0.2) is 40.6 Å². The van der Waals surface area contributed by atoms with Gasteiger partial charge in [0.1, 0.15) is 0 Å². The van der Waals surface area contributed by atoms with Crippen LogP contribution in [0.3, 0.4) is 0 Å². The fourth-order valence-electron chi connectivity index (χ4n) is 2.87. The second kappa shape index (κ2) is 11.2. The normalized spacial score (nSPS) is 11.4. The predicted octanol–water partition coefficient (Wildman–Crippen LogP) is 5.56. The third kappa shape index (κ3) is 6.24. The molecule has 6 nitrogen and oxygen atoms in total. The average molecular weight is 459 g/mol. The Bertz CT molecular complexity index is 1020. The van der Waals surface area contributed by atoms with Crippen LogP contribution in [0.5, 0.6) is 11.5 Å². The van der Waals surface area contributed by atoms with Gasteiger partial charge in [-0.2, -0.15) is 9.78 Å². The fourth-order valence-corrected chi connectivity index (χ4v) is 3.59. The number of hydrogen-bond acceptors (Lipinski definition) is 6. The molecule has 3 aromatic rings. The number of thioether (sulfide) groups is 1. The van der Waals surface area contributed by atoms with Gasteiger partial charge in [-0.25, -0.2) is 0 Å². The summed E-state index contributed by atoms with van der Waals surface area (Å²) >= 11 is 8.00. The van der Waals surface area contributed by atoms with Gasteiger partial charge in [-0.15, -0.1) is 10.2 Å². The molecule has 0 fully saturated rings. The van der Waals surface area contributed by atoms with Gasteiger partial charge in [0, 0.05) is 6.42 Å². The highest BCUT2D eigenvalue weighted by Gasteiger charge is 2.14. The molecule has 0 radical (unpaired) electrons. The first-order valence-electron chi connectivity index (χ1n) is 10.2. The first kappa shape index (κ1) is 23.2. The molecule has 0 spiro atoms. The van der Waals surface area contributed by atoms with Gasteiger partial charge in [0.05, 0.1) is 24.5 Å². The van der Waals surface area contributed by atoms with Crippen LogP contribution in [0.15, 0.2) is 52.7 Å². The van der Waals surface area contributed by atoms with Gasteiger partial charge in [0.2, 0.25) is 5.16 Å². The van der Waals surface area contributed by atoms with Gasteiger partial charge in [-0.1, -0.05) is 67.5 Å². The van der Waals surface area contributed by atoms with Crippen molar-refractivity contribution in [2.24, 2.45) is 11.0 Å². The number of ether oxygens (including phenoxy) is 2. The highest BCUT2D eigenvalue weighted by molar-refractivity contribution is 7.98. The maximum Gasteiger partial charge on any atom is 0.211 e. The van der Waals surface area contributed by atoms with Gasteiger partial charge in [0.15, 0.2) is 17.3 Å². The highest BCUT2D eigenvalue weighted by Crippen LogP contribution is 2.36. The first-order chi connectivity index (χ1) is 15.0. The number of nitrogens with zero attached hydrogens (tertiary/aromatic N) is 4. The topological polar surface area (TPSA) is 61.5 Å². The zero-order chi connectivity index (χ0) is 22.2. The van der Waals surface area contributed by atoms with E-state index in [4.69, 9.17) is 21.1 Å². The molecule has 8 heteroatoms. The van der Waals surface area contributed by atoms with E-state index >= 15 is 0 Å². The second-order valence-electron chi connectivity index (χ2n) is 7.29. The summed E-state index contributed by atoms with van der Waals surface area (Å²) in [6, 6.07) is 13.8. The molecule has 164 valence electrons. The van der Waals surface area contributed by atoms with Crippen LogP contribution in [0.1, 0.15) is 37.7 Å². The quantitative estimate of drug-likeness (QED) is 0.294. The summed E-state index contributed by atoms with van der Waals surface area (Å²) < 4.78 is 13.4. The number of hydrogen-bond donors (Lipinski definition) is 0. The van der Waals surface area contributed by atoms with Crippen LogP contribution in [0.25, 0.3) is 0 Å². The molecule has 0 amide bonds. The smallest absolute Gasteiger partial charge is 0.211 e. The van der Waals surface area contributed by atoms with E-state index in [1.165, 1.54) is 11.8 Å². The molecule has 0 aliphatic carbocycles. The lowest BCUT2D eigenvalue weighted by Gasteiger charge is -2.15. The van der Waals surface area contributed by atoms with E-state index in [1.807, 2.05) is 43.5 Å². The molecule has 0 saturated heterocycles. The lowest BCUT2D eigenvalue weighted by molar-refractivity contribution is 0.248. The molecule has 1 heterocycles. The van der Waals surface area contributed by atoms with Gasteiger partial charge in [0.25, 0.3) is 0 Å². The Hall–Kier alpha value is -2.51. The molecule has 2 aromatic carbocycles. The molecule has 31 heavy (non-hydrogen) atoms. The fraction of sp³-hybridized carbons (Fsp3) is 0.348. The van der Waals surface area contributed by atoms with Crippen LogP contribution in [0, 0.1) is 5.92 Å². The monoisotopic (exact) mass is 458 g/mol. The molecule has 1 aromatic heterocycles. The second-order valence-corrected chi connectivity index (χ2v) is 8.47. The summed E-state index contributed by atoms with van der Waals surface area (Å²) in [7, 11) is 0. The van der Waals surface area contributed by atoms with Crippen molar-refractivity contribution in [3.63, 3.8) is 0 Å². The number of aromatic nitrogens is 3. The molecule has 0 aliphatic rings. The van der Waals surface area contributed by atoms with E-state index < -0.39 is 0 Å². The standard InChI is InChI=1S/C23H27ClN4O2S/c1-5-29-20-12-18(11-19(24)22(20)30-15-16(2)3)14-25-28-21(26-27-23(28)31-4)13-17-9-7-6-8-10-17/h6-12,14,16H,5,13,15H2,1-4H3/b25-14-. The molecule has 0 unspecified atom stereocenters. The Morgan fingerprint density at radius 2 is 1.94 bits per heavy atom. The number of halogens is 1. The summed E-state index contributed by atoms with van der Waals surface area (Å²) in [5, 5.41) is 14.4. The maximum absolute atomic E-state index is 6.51. The van der Waals surface area contributed by atoms with Gasteiger partial charge in [-0.3, -0.25) is 0 Å². The maximum atomic E-state index is 6.51. The summed E-state index contributed by atoms with van der Waals surface area (Å²) in [6.07, 6.45) is 4.32. The van der Waals surface area contributed by atoms with Crippen molar-refractivity contribution in [3.05, 3.63) is 64.4 Å². The molecular formula is C23H27ClN4O2S. The molecule has 3 rings (SSSR count). The van der Waals surface area contributed by atoms with Crippen molar-refractivity contribution in [2.45, 2.75) is 32.3 Å². The Morgan fingerprint density at radius 1 is 1.16 bits per heavy atom. The Balaban J connectivity index is 1.89. The Morgan fingerprint density at radius 3 is 2.61 bits per heavy atom. The summed E-state index contributed by atoms with van der Waals surface area (Å²) in [4.78, 5) is 0. The number of rotatable bonds is 10. The number of benzene rings is 2. The van der Waals surface area contributed by atoms with Crippen molar-refractivity contribution in [3.8, 4) is 11.5 Å². The Labute approximate surface area is 192 Å². The van der Waals surface area contributed by atoms with Crippen molar-refractivity contribution in [1.29, 1.82) is 0 Å². The average Bonchev–Trinajstić information content (AvgIpc) is 3.13. The zero-order valence-electron chi connectivity index (χ0n) is 18.2. The lowest BCUT2D eigenvalue weighted by Crippen LogP contribution is -2.07. The predicted molar refractivity (Wildman–Crippen MR) is 127 cm³/mol. The molecule has 0 atom stereocenters. The van der Waals surface area contributed by atoms with Gasteiger partial charge < -0.3 is 9.47 Å². The minimum Gasteiger partial charge on any atom is -0.490 e. The summed E-state index contributed by atoms with van der Waals surface area (Å²) in [6.45, 7) is 7.18. The van der Waals surface area contributed by atoms with E-state index in [-0.39, 0.29) is 0 Å². The van der Waals surface area contributed by atoms with Crippen LogP contribution in [-0.2, 0) is 6.42 Å². The van der Waals surface area contributed by atoms with Crippen molar-refractivity contribution < 1.29 is 9.47 Å². The molecule has 0 saturated carbocycles. The summed E-state index contributed by atoms with van der Waals surface area (Å²) in [5.74, 6) is 2.32. The molecule has 0 N–H and O–H groups in total. The largest absolute Gasteiger partial charge is 0.490 e. The van der Waals surface area contributed by atoms with Crippen molar-refractivity contribution in [1.82, 2.24) is 14.9 Å². The van der Waals surface area contributed by atoms with E-state index in [0.29, 0.717) is 42.1 Å². The van der Waals surface area contributed by atoms with Gasteiger partial charge in [-0.05, 0) is 42.4 Å². The Kier molecular flexibility index (Phi) is 8.37. The van der Waals surface area contributed by atoms with Crippen molar-refractivity contribution in [2.75, 3.05) is 19.5 Å². The van der Waals surface area contributed by atoms with Crippen LogP contribution >= 0.6 is 23.4 Å². The van der Waals surface area contributed by atoms with Crippen LogP contribution in [0.4, 0.5) is 0 Å². The third-order valence-electron chi connectivity index (χ3n) is 4.28. The SMILES string of the molecule is CCOc1cc(/C=N\n2c(Cc3ccccc3)nnc2SC)cc(Cl)c1OCC(C)C.